The van der Waals surface area contributed by atoms with Gasteiger partial charge in [0.15, 0.2) is 0 Å². The molecule has 0 aliphatic rings. The summed E-state index contributed by atoms with van der Waals surface area (Å²) < 4.78 is 0. The molecule has 0 saturated heterocycles. The quantitative estimate of drug-likeness (QED) is 0.461. The third-order valence-electron chi connectivity index (χ3n) is 0.592. The molecule has 0 aromatic rings. The van der Waals surface area contributed by atoms with E-state index in [0.717, 1.165) is 0 Å². The van der Waals surface area contributed by atoms with Crippen LogP contribution in [0.15, 0.2) is 36.6 Å². The lowest BCUT2D eigenvalue weighted by Crippen LogP contribution is -1.63. The number of aliphatic hydroxyl groups is 1. The molecule has 0 bridgehead atoms. The summed E-state index contributed by atoms with van der Waals surface area (Å²) in [5.74, 6) is 0.0862. The second-order valence-electron chi connectivity index (χ2n) is 1.38. The van der Waals surface area contributed by atoms with Crippen molar-refractivity contribution in [3.05, 3.63) is 36.6 Å². The summed E-state index contributed by atoms with van der Waals surface area (Å²) in [6.07, 6.45) is 6.95. The second-order valence-corrected chi connectivity index (χ2v) is 1.38. The molecule has 0 atom stereocenters. The maximum Gasteiger partial charge on any atom is 0.108 e. The predicted molar refractivity (Wildman–Crippen MR) is 47.1 cm³/mol. The van der Waals surface area contributed by atoms with Gasteiger partial charge in [0.05, 0.1) is 0 Å². The summed E-state index contributed by atoms with van der Waals surface area (Å²) in [4.78, 5) is 0. The van der Waals surface area contributed by atoms with Gasteiger partial charge in [0.2, 0.25) is 0 Å². The maximum atomic E-state index is 8.46. The van der Waals surface area contributed by atoms with E-state index in [1.165, 1.54) is 6.08 Å². The highest BCUT2D eigenvalue weighted by molar-refractivity contribution is 5.12. The number of rotatable bonds is 2. The molecular formula is C9H16O. The largest absolute Gasteiger partial charge is 0.509 e. The molecule has 0 aliphatic carbocycles. The maximum absolute atomic E-state index is 8.46. The Bertz CT molecular complexity index is 121. The van der Waals surface area contributed by atoms with Gasteiger partial charge in [-0.1, -0.05) is 38.7 Å². The van der Waals surface area contributed by atoms with Crippen LogP contribution in [0, 0.1) is 0 Å². The van der Waals surface area contributed by atoms with Crippen molar-refractivity contribution in [3.63, 3.8) is 0 Å². The molecule has 1 heteroatoms. The lowest BCUT2D eigenvalue weighted by molar-refractivity contribution is 0.435. The third kappa shape index (κ3) is 15.7. The average Bonchev–Trinajstić information content (AvgIpc) is 1.92. The van der Waals surface area contributed by atoms with Crippen LogP contribution >= 0.6 is 0 Å². The summed E-state index contributed by atoms with van der Waals surface area (Å²) in [7, 11) is 0. The molecule has 1 nitrogen and oxygen atoms in total. The number of hydrogen-bond acceptors (Lipinski definition) is 1. The van der Waals surface area contributed by atoms with E-state index in [2.05, 4.69) is 6.58 Å². The monoisotopic (exact) mass is 140 g/mol. The van der Waals surface area contributed by atoms with Gasteiger partial charge in [-0.15, -0.1) is 0 Å². The van der Waals surface area contributed by atoms with Crippen molar-refractivity contribution >= 4 is 0 Å². The zero-order valence-corrected chi connectivity index (χ0v) is 6.96. The molecule has 0 spiro atoms. The van der Waals surface area contributed by atoms with Crippen LogP contribution in [-0.2, 0) is 0 Å². The number of hydrogen-bond donors (Lipinski definition) is 1. The Morgan fingerprint density at radius 3 is 2.10 bits per heavy atom. The average molecular weight is 140 g/mol. The van der Waals surface area contributed by atoms with Crippen LogP contribution in [0.4, 0.5) is 0 Å². The van der Waals surface area contributed by atoms with Gasteiger partial charge in [0.1, 0.15) is 5.76 Å². The SMILES string of the molecule is C=C(O)/C=C\C=C/C.CC. The Labute approximate surface area is 63.4 Å². The Balaban J connectivity index is 0. The van der Waals surface area contributed by atoms with Gasteiger partial charge in [-0.2, -0.15) is 0 Å². The minimum atomic E-state index is 0.0862. The van der Waals surface area contributed by atoms with Gasteiger partial charge in [0.25, 0.3) is 0 Å². The topological polar surface area (TPSA) is 20.2 Å². The lowest BCUT2D eigenvalue weighted by atomic mass is 10.4. The van der Waals surface area contributed by atoms with Crippen LogP contribution in [-0.4, -0.2) is 5.11 Å². The van der Waals surface area contributed by atoms with Crippen molar-refractivity contribution in [2.24, 2.45) is 0 Å². The van der Waals surface area contributed by atoms with Crippen molar-refractivity contribution in [2.45, 2.75) is 20.8 Å². The first-order chi connectivity index (χ1) is 4.77. The first kappa shape index (κ1) is 11.8. The summed E-state index contributed by atoms with van der Waals surface area (Å²) in [6.45, 7) is 9.17. The molecule has 0 radical (unpaired) electrons. The van der Waals surface area contributed by atoms with E-state index < -0.39 is 0 Å². The van der Waals surface area contributed by atoms with E-state index in [9.17, 15) is 0 Å². The van der Waals surface area contributed by atoms with Crippen LogP contribution in [0.2, 0.25) is 0 Å². The van der Waals surface area contributed by atoms with E-state index in [0.29, 0.717) is 0 Å². The molecule has 0 aromatic heterocycles. The molecule has 0 fully saturated rings. The smallest absolute Gasteiger partial charge is 0.108 e. The van der Waals surface area contributed by atoms with Gasteiger partial charge in [-0.05, 0) is 13.0 Å². The highest BCUT2D eigenvalue weighted by atomic mass is 16.3. The Kier molecular flexibility index (Phi) is 12.8. The fourth-order valence-corrected chi connectivity index (χ4v) is 0.278. The van der Waals surface area contributed by atoms with Crippen molar-refractivity contribution in [3.8, 4) is 0 Å². The van der Waals surface area contributed by atoms with Crippen molar-refractivity contribution in [1.82, 2.24) is 0 Å². The molecular weight excluding hydrogens is 124 g/mol. The van der Waals surface area contributed by atoms with Crippen LogP contribution < -0.4 is 0 Å². The number of aliphatic hydroxyl groups excluding tert-OH is 1. The fourth-order valence-electron chi connectivity index (χ4n) is 0.278. The first-order valence-electron chi connectivity index (χ1n) is 3.44. The minimum absolute atomic E-state index is 0.0862. The van der Waals surface area contributed by atoms with Gasteiger partial charge in [-0.3, -0.25) is 0 Å². The van der Waals surface area contributed by atoms with Gasteiger partial charge >= 0.3 is 0 Å². The van der Waals surface area contributed by atoms with Crippen molar-refractivity contribution < 1.29 is 5.11 Å². The van der Waals surface area contributed by atoms with E-state index in [1.807, 2.05) is 32.9 Å². The van der Waals surface area contributed by atoms with Gasteiger partial charge in [0, 0.05) is 0 Å². The first-order valence-corrected chi connectivity index (χ1v) is 3.44. The Morgan fingerprint density at radius 2 is 1.80 bits per heavy atom. The summed E-state index contributed by atoms with van der Waals surface area (Å²) >= 11 is 0. The van der Waals surface area contributed by atoms with E-state index in [1.54, 1.807) is 6.08 Å². The molecule has 0 aliphatic heterocycles. The molecule has 0 rings (SSSR count). The fraction of sp³-hybridized carbons (Fsp3) is 0.333. The molecule has 0 heterocycles. The van der Waals surface area contributed by atoms with E-state index in [4.69, 9.17) is 5.11 Å². The molecule has 0 aromatic carbocycles. The molecule has 0 saturated carbocycles. The van der Waals surface area contributed by atoms with Crippen LogP contribution in [0.3, 0.4) is 0 Å². The minimum Gasteiger partial charge on any atom is -0.509 e. The third-order valence-corrected chi connectivity index (χ3v) is 0.592. The summed E-state index contributed by atoms with van der Waals surface area (Å²) in [5.41, 5.74) is 0. The summed E-state index contributed by atoms with van der Waals surface area (Å²) in [6, 6.07) is 0. The molecule has 10 heavy (non-hydrogen) atoms. The lowest BCUT2D eigenvalue weighted by Gasteiger charge is -1.78. The van der Waals surface area contributed by atoms with Crippen molar-refractivity contribution in [1.29, 1.82) is 0 Å². The molecule has 58 valence electrons. The van der Waals surface area contributed by atoms with Gasteiger partial charge in [-0.25, -0.2) is 0 Å². The zero-order valence-electron chi connectivity index (χ0n) is 6.96. The van der Waals surface area contributed by atoms with E-state index >= 15 is 0 Å². The molecule has 0 amide bonds. The highest BCUT2D eigenvalue weighted by Gasteiger charge is 1.69. The van der Waals surface area contributed by atoms with Crippen LogP contribution in [0.25, 0.3) is 0 Å². The molecule has 0 unspecified atom stereocenters. The summed E-state index contributed by atoms with van der Waals surface area (Å²) in [5, 5.41) is 8.46. The predicted octanol–water partition coefficient (Wildman–Crippen LogP) is 3.22. The second kappa shape index (κ2) is 10.9. The highest BCUT2D eigenvalue weighted by Crippen LogP contribution is 1.84. The van der Waals surface area contributed by atoms with Crippen LogP contribution in [0.1, 0.15) is 20.8 Å². The van der Waals surface area contributed by atoms with Crippen molar-refractivity contribution in [2.75, 3.05) is 0 Å². The normalized spacial score (nSPS) is 9.50. The van der Waals surface area contributed by atoms with E-state index in [-0.39, 0.29) is 5.76 Å². The zero-order chi connectivity index (χ0) is 8.41. The standard InChI is InChI=1S/C7H10O.C2H6/c1-3-4-5-6-7(2)8;1-2/h3-6,8H,2H2,1H3;1-2H3/b4-3-,6-5-;. The Morgan fingerprint density at radius 1 is 1.30 bits per heavy atom. The number of allylic oxidation sites excluding steroid dienone is 4. The van der Waals surface area contributed by atoms with Gasteiger partial charge < -0.3 is 5.11 Å². The van der Waals surface area contributed by atoms with Crippen LogP contribution in [0.5, 0.6) is 0 Å². The molecule has 1 N–H and O–H groups in total. The Hall–Kier alpha value is -0.980.